The van der Waals surface area contributed by atoms with E-state index in [0.29, 0.717) is 103 Å². The van der Waals surface area contributed by atoms with Crippen molar-refractivity contribution >= 4 is 29.9 Å². The minimum atomic E-state index is -0.485. The van der Waals surface area contributed by atoms with Gasteiger partial charge in [-0.15, -0.1) is 12.4 Å². The molecule has 16 nitrogen and oxygen atoms in total. The molecule has 4 unspecified atom stereocenters. The molecule has 0 radical (unpaired) electrons. The Balaban J connectivity index is 0.000000252. The second-order valence-corrected chi connectivity index (χ2v) is 14.9. The van der Waals surface area contributed by atoms with Crippen LogP contribution in [0.25, 0.3) is 0 Å². The maximum atomic E-state index is 12.5. The molecule has 56 heavy (non-hydrogen) atoms. The van der Waals surface area contributed by atoms with E-state index in [9.17, 15) is 4.79 Å². The summed E-state index contributed by atoms with van der Waals surface area (Å²) in [6, 6.07) is 9.75. The third-order valence-electron chi connectivity index (χ3n) is 9.72. The highest BCUT2D eigenvalue weighted by atomic mass is 35.5. The molecule has 316 valence electrons. The van der Waals surface area contributed by atoms with Gasteiger partial charge >= 0.3 is 6.09 Å². The van der Waals surface area contributed by atoms with E-state index in [1.807, 2.05) is 50.1 Å². The molecular weight excluding hydrogens is 748 g/mol. The molecule has 4 aliphatic rings. The summed E-state index contributed by atoms with van der Waals surface area (Å²) in [6.07, 6.45) is 7.95. The first-order valence-corrected chi connectivity index (χ1v) is 19.7. The quantitative estimate of drug-likeness (QED) is 0.167. The van der Waals surface area contributed by atoms with Crippen LogP contribution in [0.1, 0.15) is 46.5 Å². The van der Waals surface area contributed by atoms with Gasteiger partial charge in [0.1, 0.15) is 18.8 Å². The number of halogens is 1. The van der Waals surface area contributed by atoms with Crippen LogP contribution >= 0.6 is 12.4 Å². The van der Waals surface area contributed by atoms with Gasteiger partial charge in [-0.3, -0.25) is 0 Å². The number of rotatable bonds is 20. The third kappa shape index (κ3) is 14.3. The molecule has 4 fully saturated rings. The Morgan fingerprint density at radius 3 is 1.54 bits per heavy atom. The van der Waals surface area contributed by atoms with Gasteiger partial charge in [0.25, 0.3) is 0 Å². The maximum Gasteiger partial charge on any atom is 0.410 e. The van der Waals surface area contributed by atoms with Crippen LogP contribution in [0.15, 0.2) is 36.7 Å². The fourth-order valence-corrected chi connectivity index (χ4v) is 7.46. The van der Waals surface area contributed by atoms with E-state index in [1.165, 1.54) is 18.5 Å². The molecule has 4 aliphatic heterocycles. The molecule has 4 saturated heterocycles. The number of aromatic nitrogens is 2. The van der Waals surface area contributed by atoms with Crippen molar-refractivity contribution in [2.75, 3.05) is 115 Å². The van der Waals surface area contributed by atoms with Crippen molar-refractivity contribution in [1.29, 1.82) is 0 Å². The monoisotopic (exact) mass is 810 g/mol. The summed E-state index contributed by atoms with van der Waals surface area (Å²) in [6.45, 7) is 13.5. The highest BCUT2D eigenvalue weighted by molar-refractivity contribution is 5.85. The Morgan fingerprint density at radius 1 is 0.679 bits per heavy atom. The van der Waals surface area contributed by atoms with Gasteiger partial charge in [0.15, 0.2) is 0 Å². The lowest BCUT2D eigenvalue weighted by molar-refractivity contribution is 0.0209. The number of fused-ring (bicyclic) bond motifs is 4. The van der Waals surface area contributed by atoms with E-state index in [0.717, 1.165) is 31.6 Å². The maximum absolute atomic E-state index is 12.5. The summed E-state index contributed by atoms with van der Waals surface area (Å²) >= 11 is 0. The molecule has 2 aromatic rings. The molecule has 0 saturated carbocycles. The van der Waals surface area contributed by atoms with Crippen molar-refractivity contribution in [3.05, 3.63) is 36.7 Å². The van der Waals surface area contributed by atoms with E-state index < -0.39 is 5.60 Å². The van der Waals surface area contributed by atoms with Crippen LogP contribution in [0, 0.1) is 0 Å². The molecule has 6 heterocycles. The molecule has 0 spiro atoms. The second kappa shape index (κ2) is 23.9. The number of nitrogens with zero attached hydrogens (tertiary/aromatic N) is 5. The summed E-state index contributed by atoms with van der Waals surface area (Å²) in [5, 5.41) is 20.7. The Hall–Kier alpha value is -3.22. The van der Waals surface area contributed by atoms with Crippen LogP contribution in [0.5, 0.6) is 11.8 Å². The molecular formula is C39H63ClN6O10. The minimum absolute atomic E-state index is 0. The van der Waals surface area contributed by atoms with Gasteiger partial charge in [0.05, 0.1) is 66.1 Å². The van der Waals surface area contributed by atoms with Crippen molar-refractivity contribution in [2.45, 2.75) is 76.2 Å². The fourth-order valence-electron chi connectivity index (χ4n) is 7.46. The number of carbonyl (C=O) groups excluding carboxylic acids is 1. The Labute approximate surface area is 337 Å². The molecule has 6 rings (SSSR count). The lowest BCUT2D eigenvalue weighted by Gasteiger charge is -2.42. The molecule has 2 aromatic heterocycles. The van der Waals surface area contributed by atoms with Gasteiger partial charge in [-0.2, -0.15) is 0 Å². The topological polar surface area (TPSA) is 170 Å². The average molecular weight is 811 g/mol. The van der Waals surface area contributed by atoms with Gasteiger partial charge < -0.3 is 63.4 Å². The number of anilines is 2. The highest BCUT2D eigenvalue weighted by Crippen LogP contribution is 2.36. The Bertz CT molecular complexity index is 1400. The number of likely N-dealkylation sites (tertiary alicyclic amines) is 1. The zero-order valence-corrected chi connectivity index (χ0v) is 34.0. The first kappa shape index (κ1) is 45.5. The van der Waals surface area contributed by atoms with Gasteiger partial charge in [-0.1, -0.05) is 0 Å². The highest BCUT2D eigenvalue weighted by Gasteiger charge is 2.42. The number of piperazine rings is 2. The standard InChI is InChI=1S/C22H35N3O6.C17H27N3O4.ClH/c1-22(2,3)31-21(27)24-15-18-4-5-19(16-24)25(18)17-6-7-23-20(14-17)30-13-12-29-11-10-28-9-8-26;21-5-6-22-7-8-23-9-10-24-17-11-14(3-4-19-17)20-15-1-2-16(20)13-18-12-15;/h6-7,14,18-19,26H,4-5,8-13,15-16H2,1-3H3;3-4,11,15-16,18,21H,1-2,5-10,12-13H2;1H. The minimum Gasteiger partial charge on any atom is -0.475 e. The SMILES string of the molecule is CC(C)(C)OC(=O)N1CC2CCC(C1)N2c1ccnc(OCCOCCOCCO)c1.Cl.OCCOCCOCCOc1cc(N2C3CCC2CNC3)ccn1. The smallest absolute Gasteiger partial charge is 0.410 e. The number of ether oxygens (including phenoxy) is 7. The van der Waals surface area contributed by atoms with Crippen LogP contribution in [-0.4, -0.2) is 166 Å². The van der Waals surface area contributed by atoms with Crippen LogP contribution in [0.2, 0.25) is 0 Å². The zero-order valence-electron chi connectivity index (χ0n) is 33.2. The lowest BCUT2D eigenvalue weighted by atomic mass is 10.1. The molecule has 4 bridgehead atoms. The number of hydrogen-bond acceptors (Lipinski definition) is 15. The molecule has 4 atom stereocenters. The van der Waals surface area contributed by atoms with Gasteiger partial charge in [0.2, 0.25) is 11.8 Å². The fraction of sp³-hybridized carbons (Fsp3) is 0.718. The summed E-state index contributed by atoms with van der Waals surface area (Å²) in [5.41, 5.74) is 1.79. The first-order chi connectivity index (χ1) is 26.8. The third-order valence-corrected chi connectivity index (χ3v) is 9.72. The Morgan fingerprint density at radius 2 is 1.09 bits per heavy atom. The van der Waals surface area contributed by atoms with Gasteiger partial charge in [-0.05, 0) is 58.6 Å². The van der Waals surface area contributed by atoms with Crippen LogP contribution in [-0.2, 0) is 23.7 Å². The van der Waals surface area contributed by atoms with E-state index in [2.05, 4.69) is 31.2 Å². The number of carbonyl (C=O) groups is 1. The van der Waals surface area contributed by atoms with Gasteiger partial charge in [0, 0.05) is 86.2 Å². The molecule has 1 amide bonds. The largest absolute Gasteiger partial charge is 0.475 e. The number of amides is 1. The van der Waals surface area contributed by atoms with Crippen molar-refractivity contribution in [2.24, 2.45) is 0 Å². The number of nitrogens with one attached hydrogen (secondary N) is 1. The van der Waals surface area contributed by atoms with Gasteiger partial charge in [-0.25, -0.2) is 14.8 Å². The zero-order chi connectivity index (χ0) is 38.9. The van der Waals surface area contributed by atoms with Crippen molar-refractivity contribution in [3.8, 4) is 11.8 Å². The molecule has 0 aromatic carbocycles. The first-order valence-electron chi connectivity index (χ1n) is 19.7. The van der Waals surface area contributed by atoms with Crippen molar-refractivity contribution < 1.29 is 48.2 Å². The summed E-state index contributed by atoms with van der Waals surface area (Å²) in [4.78, 5) is 27.8. The van der Waals surface area contributed by atoms with E-state index >= 15 is 0 Å². The second-order valence-electron chi connectivity index (χ2n) is 14.9. The molecule has 3 N–H and O–H groups in total. The molecule has 0 aliphatic carbocycles. The number of aliphatic hydroxyl groups excluding tert-OH is 2. The van der Waals surface area contributed by atoms with Crippen molar-refractivity contribution in [1.82, 2.24) is 20.2 Å². The summed E-state index contributed by atoms with van der Waals surface area (Å²) < 4.78 is 38.1. The predicted molar refractivity (Wildman–Crippen MR) is 213 cm³/mol. The van der Waals surface area contributed by atoms with Crippen LogP contribution in [0.3, 0.4) is 0 Å². The Kier molecular flexibility index (Phi) is 19.4. The van der Waals surface area contributed by atoms with E-state index in [1.54, 1.807) is 6.20 Å². The van der Waals surface area contributed by atoms with Crippen LogP contribution < -0.4 is 24.6 Å². The number of aliphatic hydroxyl groups is 2. The normalized spacial score (nSPS) is 21.3. The van der Waals surface area contributed by atoms with E-state index in [4.69, 9.17) is 43.4 Å². The predicted octanol–water partition coefficient (Wildman–Crippen LogP) is 2.92. The number of hydrogen-bond donors (Lipinski definition) is 3. The lowest BCUT2D eigenvalue weighted by Crippen LogP contribution is -2.56. The number of pyridine rings is 2. The molecule has 17 heteroatoms. The summed E-state index contributed by atoms with van der Waals surface area (Å²) in [5.74, 6) is 1.21. The van der Waals surface area contributed by atoms with Crippen molar-refractivity contribution in [3.63, 3.8) is 0 Å². The van der Waals surface area contributed by atoms with Crippen LogP contribution in [0.4, 0.5) is 16.2 Å². The summed E-state index contributed by atoms with van der Waals surface area (Å²) in [7, 11) is 0. The van der Waals surface area contributed by atoms with E-state index in [-0.39, 0.29) is 43.8 Å². The average Bonchev–Trinajstić information content (AvgIpc) is 3.59.